The van der Waals surface area contributed by atoms with Crippen molar-refractivity contribution in [2.24, 2.45) is 0 Å². The summed E-state index contributed by atoms with van der Waals surface area (Å²) in [5.41, 5.74) is 3.47. The second-order valence-corrected chi connectivity index (χ2v) is 11.7. The first-order chi connectivity index (χ1) is 8.41. The van der Waals surface area contributed by atoms with E-state index in [0.717, 1.165) is 6.54 Å². The highest BCUT2D eigenvalue weighted by molar-refractivity contribution is 6.87. The molecule has 0 aromatic heterocycles. The van der Waals surface area contributed by atoms with E-state index < -0.39 is 8.24 Å². The van der Waals surface area contributed by atoms with E-state index in [1.165, 1.54) is 5.56 Å². The van der Waals surface area contributed by atoms with Gasteiger partial charge < -0.3 is 4.98 Å². The maximum atomic E-state index is 5.26. The van der Waals surface area contributed by atoms with E-state index in [2.05, 4.69) is 71.9 Å². The number of hydrogen-bond donors (Lipinski definition) is 0. The molecule has 0 aliphatic heterocycles. The van der Waals surface area contributed by atoms with Crippen molar-refractivity contribution in [3.63, 3.8) is 0 Å². The molecule has 102 valence electrons. The fourth-order valence-corrected chi connectivity index (χ4v) is 8.91. The van der Waals surface area contributed by atoms with Gasteiger partial charge in [0.25, 0.3) is 0 Å². The van der Waals surface area contributed by atoms with Crippen molar-refractivity contribution in [1.29, 1.82) is 0 Å². The molecule has 0 bridgehead atoms. The molecule has 1 nitrogen and oxygen atoms in total. The molecule has 0 amide bonds. The molecule has 2 heteroatoms. The maximum absolute atomic E-state index is 5.26. The van der Waals surface area contributed by atoms with Crippen molar-refractivity contribution in [2.75, 3.05) is 0 Å². The Kier molecular flexibility index (Phi) is 5.61. The van der Waals surface area contributed by atoms with Crippen molar-refractivity contribution in [3.05, 3.63) is 40.9 Å². The van der Waals surface area contributed by atoms with Crippen LogP contribution in [0.25, 0.3) is 4.98 Å². The zero-order valence-corrected chi connectivity index (χ0v) is 13.8. The highest BCUT2D eigenvalue weighted by atomic mass is 28.3. The van der Waals surface area contributed by atoms with Crippen LogP contribution in [0, 0.1) is 0 Å². The number of benzene rings is 1. The molecular weight excluding hydrogens is 234 g/mol. The lowest BCUT2D eigenvalue weighted by Crippen LogP contribution is -2.43. The third kappa shape index (κ3) is 3.24. The number of nitrogens with zero attached hydrogens (tertiary/aromatic N) is 1. The first-order valence-corrected chi connectivity index (χ1v) is 9.31. The van der Waals surface area contributed by atoms with Crippen LogP contribution in [0.2, 0.25) is 16.6 Å². The van der Waals surface area contributed by atoms with Crippen molar-refractivity contribution >= 4 is 8.24 Å². The lowest BCUT2D eigenvalue weighted by atomic mass is 10.2. The minimum atomic E-state index is -1.59. The van der Waals surface area contributed by atoms with Crippen LogP contribution in [0.3, 0.4) is 0 Å². The maximum Gasteiger partial charge on any atom is -0.0469 e. The Hall–Kier alpha value is -0.603. The van der Waals surface area contributed by atoms with Crippen LogP contribution in [-0.4, -0.2) is 8.24 Å². The van der Waals surface area contributed by atoms with Gasteiger partial charge in [-0.15, -0.1) is 6.54 Å². The Balaban J connectivity index is 2.86. The second-order valence-electron chi connectivity index (χ2n) is 6.15. The molecule has 0 spiro atoms. The summed E-state index contributed by atoms with van der Waals surface area (Å²) in [6, 6.07) is 10.7. The standard InChI is InChI=1S/C16H28NSi/c1-13(2)18(14(3)4,15(5)6)17-12-16-10-8-7-9-11-16/h7-11,13-15H,12H2,1-6H3/q-1. The quantitative estimate of drug-likeness (QED) is 0.581. The Morgan fingerprint density at radius 2 is 1.28 bits per heavy atom. The van der Waals surface area contributed by atoms with Crippen LogP contribution in [-0.2, 0) is 6.54 Å². The van der Waals surface area contributed by atoms with E-state index in [-0.39, 0.29) is 0 Å². The average Bonchev–Trinajstić information content (AvgIpc) is 2.29. The van der Waals surface area contributed by atoms with E-state index in [1.54, 1.807) is 0 Å². The zero-order chi connectivity index (χ0) is 13.8. The average molecular weight is 262 g/mol. The van der Waals surface area contributed by atoms with Crippen molar-refractivity contribution in [3.8, 4) is 0 Å². The Morgan fingerprint density at radius 3 is 1.67 bits per heavy atom. The van der Waals surface area contributed by atoms with Gasteiger partial charge in [-0.05, 0) is 8.24 Å². The molecule has 0 atom stereocenters. The number of hydrogen-bond acceptors (Lipinski definition) is 0. The molecule has 0 saturated carbocycles. The van der Waals surface area contributed by atoms with E-state index in [0.29, 0.717) is 16.6 Å². The van der Waals surface area contributed by atoms with Gasteiger partial charge in [0.1, 0.15) is 0 Å². The van der Waals surface area contributed by atoms with Gasteiger partial charge in [-0.3, -0.25) is 0 Å². The number of rotatable bonds is 6. The van der Waals surface area contributed by atoms with E-state index in [1.807, 2.05) is 0 Å². The smallest absolute Gasteiger partial charge is 0.0469 e. The van der Waals surface area contributed by atoms with Crippen molar-refractivity contribution in [2.45, 2.75) is 64.7 Å². The molecule has 0 N–H and O–H groups in total. The largest absolute Gasteiger partial charge is 0.660 e. The van der Waals surface area contributed by atoms with Gasteiger partial charge in [0.15, 0.2) is 0 Å². The van der Waals surface area contributed by atoms with Crippen LogP contribution in [0.1, 0.15) is 47.1 Å². The lowest BCUT2D eigenvalue weighted by Gasteiger charge is -2.56. The SMILES string of the molecule is CC(C)[Si]([N-]Cc1ccccc1)(C(C)C)C(C)C. The first kappa shape index (κ1) is 15.5. The van der Waals surface area contributed by atoms with Crippen LogP contribution in [0.5, 0.6) is 0 Å². The monoisotopic (exact) mass is 262 g/mol. The summed E-state index contributed by atoms with van der Waals surface area (Å²) in [5, 5.41) is 0. The molecular formula is C16H28NSi-. The van der Waals surface area contributed by atoms with Gasteiger partial charge >= 0.3 is 0 Å². The summed E-state index contributed by atoms with van der Waals surface area (Å²) in [7, 11) is -1.59. The molecule has 0 aliphatic rings. The molecule has 1 aromatic carbocycles. The fraction of sp³-hybridized carbons (Fsp3) is 0.625. The van der Waals surface area contributed by atoms with Gasteiger partial charge in [0.05, 0.1) is 0 Å². The summed E-state index contributed by atoms with van der Waals surface area (Å²) in [6.45, 7) is 15.1. The Bertz CT molecular complexity index is 322. The van der Waals surface area contributed by atoms with Crippen molar-refractivity contribution < 1.29 is 0 Å². The molecule has 0 heterocycles. The summed E-state index contributed by atoms with van der Waals surface area (Å²) in [6.07, 6.45) is 0. The minimum absolute atomic E-state index is 0.709. The van der Waals surface area contributed by atoms with Gasteiger partial charge in [-0.1, -0.05) is 94.1 Å². The molecule has 0 saturated heterocycles. The highest BCUT2D eigenvalue weighted by Gasteiger charge is 2.32. The molecule has 1 aromatic rings. The lowest BCUT2D eigenvalue weighted by molar-refractivity contribution is 0.818. The van der Waals surface area contributed by atoms with E-state index in [4.69, 9.17) is 4.98 Å². The van der Waals surface area contributed by atoms with E-state index in [9.17, 15) is 0 Å². The molecule has 0 aliphatic carbocycles. The van der Waals surface area contributed by atoms with Crippen LogP contribution < -0.4 is 0 Å². The second kappa shape index (κ2) is 6.53. The van der Waals surface area contributed by atoms with Gasteiger partial charge in [-0.25, -0.2) is 0 Å². The zero-order valence-electron chi connectivity index (χ0n) is 12.8. The Labute approximate surface area is 114 Å². The van der Waals surface area contributed by atoms with E-state index >= 15 is 0 Å². The summed E-state index contributed by atoms with van der Waals surface area (Å²) < 4.78 is 0. The van der Waals surface area contributed by atoms with Gasteiger partial charge in [0, 0.05) is 0 Å². The molecule has 0 radical (unpaired) electrons. The summed E-state index contributed by atoms with van der Waals surface area (Å²) in [5.74, 6) is 0. The van der Waals surface area contributed by atoms with Crippen LogP contribution >= 0.6 is 0 Å². The van der Waals surface area contributed by atoms with Crippen LogP contribution in [0.4, 0.5) is 0 Å². The van der Waals surface area contributed by atoms with Crippen molar-refractivity contribution in [1.82, 2.24) is 0 Å². The Morgan fingerprint density at radius 1 is 0.833 bits per heavy atom. The molecule has 0 unspecified atom stereocenters. The first-order valence-electron chi connectivity index (χ1n) is 7.13. The highest BCUT2D eigenvalue weighted by Crippen LogP contribution is 2.45. The molecule has 18 heavy (non-hydrogen) atoms. The third-order valence-corrected chi connectivity index (χ3v) is 10.4. The predicted molar refractivity (Wildman–Crippen MR) is 84.6 cm³/mol. The minimum Gasteiger partial charge on any atom is -0.660 e. The molecule has 0 fully saturated rings. The van der Waals surface area contributed by atoms with Crippen LogP contribution in [0.15, 0.2) is 30.3 Å². The normalized spacial score (nSPS) is 12.7. The third-order valence-electron chi connectivity index (χ3n) is 4.15. The van der Waals surface area contributed by atoms with Gasteiger partial charge in [0.2, 0.25) is 0 Å². The summed E-state index contributed by atoms with van der Waals surface area (Å²) in [4.78, 5) is 5.26. The predicted octanol–water partition coefficient (Wildman–Crippen LogP) is 5.74. The van der Waals surface area contributed by atoms with Gasteiger partial charge in [-0.2, -0.15) is 0 Å². The molecule has 1 rings (SSSR count). The topological polar surface area (TPSA) is 14.1 Å². The fourth-order valence-electron chi connectivity index (χ4n) is 3.36. The summed E-state index contributed by atoms with van der Waals surface area (Å²) >= 11 is 0.